The average molecular weight is 186 g/mol. The van der Waals surface area contributed by atoms with Gasteiger partial charge in [-0.05, 0) is 5.92 Å². The normalized spacial score (nSPS) is 40.4. The van der Waals surface area contributed by atoms with Crippen molar-refractivity contribution in [2.45, 2.75) is 25.8 Å². The first kappa shape index (κ1) is 9.40. The van der Waals surface area contributed by atoms with Crippen molar-refractivity contribution in [1.82, 2.24) is 10.6 Å². The van der Waals surface area contributed by atoms with Crippen LogP contribution >= 0.6 is 0 Å². The first-order chi connectivity index (χ1) is 6.26. The smallest absolute Gasteiger partial charge is 0.161 e. The maximum absolute atomic E-state index is 5.79. The largest absolute Gasteiger partial charge is 0.357 e. The summed E-state index contributed by atoms with van der Waals surface area (Å²) in [7, 11) is 0. The Hall–Kier alpha value is -0.160. The zero-order valence-corrected chi connectivity index (χ0v) is 8.30. The molecule has 0 bridgehead atoms. The topological polar surface area (TPSA) is 42.5 Å². The van der Waals surface area contributed by atoms with Gasteiger partial charge in [-0.2, -0.15) is 0 Å². The van der Waals surface area contributed by atoms with Gasteiger partial charge in [-0.25, -0.2) is 0 Å². The quantitative estimate of drug-likeness (QED) is 0.632. The predicted molar refractivity (Wildman–Crippen MR) is 49.3 cm³/mol. The Balaban J connectivity index is 2.11. The molecule has 2 unspecified atom stereocenters. The fourth-order valence-electron chi connectivity index (χ4n) is 2.06. The minimum atomic E-state index is -0.309. The molecule has 0 aromatic heterocycles. The van der Waals surface area contributed by atoms with E-state index in [0.717, 1.165) is 26.3 Å². The van der Waals surface area contributed by atoms with Crippen LogP contribution in [0.1, 0.15) is 13.8 Å². The maximum atomic E-state index is 5.79. The summed E-state index contributed by atoms with van der Waals surface area (Å²) in [5.41, 5.74) is -0.309. The second-order valence-corrected chi connectivity index (χ2v) is 3.93. The van der Waals surface area contributed by atoms with E-state index in [1.807, 2.05) is 0 Å². The van der Waals surface area contributed by atoms with Gasteiger partial charge in [-0.1, -0.05) is 13.8 Å². The van der Waals surface area contributed by atoms with Gasteiger partial charge in [-0.15, -0.1) is 0 Å². The first-order valence-electron chi connectivity index (χ1n) is 5.00. The number of rotatable bonds is 2. The van der Waals surface area contributed by atoms with Crippen LogP contribution in [0.5, 0.6) is 0 Å². The van der Waals surface area contributed by atoms with Crippen LogP contribution in [0.25, 0.3) is 0 Å². The molecule has 0 aromatic rings. The summed E-state index contributed by atoms with van der Waals surface area (Å²) >= 11 is 0. The molecule has 2 saturated heterocycles. The number of ether oxygens (including phenoxy) is 2. The molecule has 2 aliphatic heterocycles. The third-order valence-electron chi connectivity index (χ3n) is 2.81. The molecule has 2 rings (SSSR count). The Labute approximate surface area is 79.0 Å². The minimum Gasteiger partial charge on any atom is -0.357 e. The van der Waals surface area contributed by atoms with Crippen LogP contribution in [0.3, 0.4) is 0 Å². The summed E-state index contributed by atoms with van der Waals surface area (Å²) < 4.78 is 11.4. The molecule has 0 amide bonds. The lowest BCUT2D eigenvalue weighted by Crippen LogP contribution is -2.59. The minimum absolute atomic E-state index is 0.00926. The maximum Gasteiger partial charge on any atom is 0.161 e. The summed E-state index contributed by atoms with van der Waals surface area (Å²) in [5, 5.41) is 6.71. The number of hydrogen-bond donors (Lipinski definition) is 2. The summed E-state index contributed by atoms with van der Waals surface area (Å²) in [5.74, 6) is 0.408. The van der Waals surface area contributed by atoms with Crippen LogP contribution < -0.4 is 10.6 Å². The second kappa shape index (κ2) is 3.53. The van der Waals surface area contributed by atoms with E-state index >= 15 is 0 Å². The van der Waals surface area contributed by atoms with Gasteiger partial charge in [0.15, 0.2) is 12.0 Å². The number of nitrogens with one attached hydrogen (secondary N) is 2. The van der Waals surface area contributed by atoms with Crippen LogP contribution in [0, 0.1) is 5.92 Å². The standard InChI is InChI=1S/C9H18N2O2/c1-7(2)9(11-4-6-13-9)8-10-3-5-12-8/h7-8,10-11H,3-6H2,1-2H3. The van der Waals surface area contributed by atoms with Gasteiger partial charge in [-0.3, -0.25) is 10.6 Å². The monoisotopic (exact) mass is 186 g/mol. The van der Waals surface area contributed by atoms with Crippen molar-refractivity contribution < 1.29 is 9.47 Å². The fraction of sp³-hybridized carbons (Fsp3) is 1.00. The molecular formula is C9H18N2O2. The third-order valence-corrected chi connectivity index (χ3v) is 2.81. The van der Waals surface area contributed by atoms with E-state index in [9.17, 15) is 0 Å². The van der Waals surface area contributed by atoms with Gasteiger partial charge in [0, 0.05) is 13.1 Å². The molecule has 0 saturated carbocycles. The lowest BCUT2D eigenvalue weighted by Gasteiger charge is -2.37. The molecule has 2 fully saturated rings. The van der Waals surface area contributed by atoms with Crippen molar-refractivity contribution >= 4 is 0 Å². The molecule has 76 valence electrons. The molecule has 0 spiro atoms. The molecule has 2 atom stereocenters. The Morgan fingerprint density at radius 1 is 1.31 bits per heavy atom. The average Bonchev–Trinajstić information content (AvgIpc) is 2.75. The Bertz CT molecular complexity index is 172. The van der Waals surface area contributed by atoms with Gasteiger partial charge in [0.1, 0.15) is 0 Å². The molecule has 4 heteroatoms. The van der Waals surface area contributed by atoms with Gasteiger partial charge < -0.3 is 9.47 Å². The van der Waals surface area contributed by atoms with Crippen LogP contribution in [-0.2, 0) is 9.47 Å². The first-order valence-corrected chi connectivity index (χ1v) is 5.00. The Kier molecular flexibility index (Phi) is 2.55. The van der Waals surface area contributed by atoms with Crippen LogP contribution in [-0.4, -0.2) is 38.3 Å². The summed E-state index contributed by atoms with van der Waals surface area (Å²) in [6.45, 7) is 7.71. The molecule has 4 nitrogen and oxygen atoms in total. The van der Waals surface area contributed by atoms with Crippen LogP contribution in [0.4, 0.5) is 0 Å². The lowest BCUT2D eigenvalue weighted by atomic mass is 9.98. The molecule has 0 radical (unpaired) electrons. The van der Waals surface area contributed by atoms with E-state index in [1.165, 1.54) is 0 Å². The lowest BCUT2D eigenvalue weighted by molar-refractivity contribution is -0.143. The van der Waals surface area contributed by atoms with E-state index in [4.69, 9.17) is 9.47 Å². The third kappa shape index (κ3) is 1.48. The summed E-state index contributed by atoms with van der Waals surface area (Å²) in [4.78, 5) is 0. The highest BCUT2D eigenvalue weighted by molar-refractivity contribution is 4.93. The van der Waals surface area contributed by atoms with Gasteiger partial charge >= 0.3 is 0 Å². The van der Waals surface area contributed by atoms with E-state index in [0.29, 0.717) is 5.92 Å². The van der Waals surface area contributed by atoms with Gasteiger partial charge in [0.05, 0.1) is 13.2 Å². The highest BCUT2D eigenvalue weighted by atomic mass is 16.6. The van der Waals surface area contributed by atoms with Crippen molar-refractivity contribution in [2.75, 3.05) is 26.3 Å². The zero-order chi connectivity index (χ0) is 9.31. The molecule has 0 aromatic carbocycles. The SMILES string of the molecule is CC(C)C1(C2NCCO2)NCCO1. The van der Waals surface area contributed by atoms with E-state index in [1.54, 1.807) is 0 Å². The van der Waals surface area contributed by atoms with Crippen LogP contribution in [0.15, 0.2) is 0 Å². The molecule has 2 aliphatic rings. The van der Waals surface area contributed by atoms with Crippen LogP contribution in [0.2, 0.25) is 0 Å². The highest BCUT2D eigenvalue weighted by Crippen LogP contribution is 2.28. The van der Waals surface area contributed by atoms with Crippen molar-refractivity contribution in [3.63, 3.8) is 0 Å². The van der Waals surface area contributed by atoms with Crippen molar-refractivity contribution in [2.24, 2.45) is 5.92 Å². The fourth-order valence-corrected chi connectivity index (χ4v) is 2.06. The predicted octanol–water partition coefficient (Wildman–Crippen LogP) is -0.0956. The van der Waals surface area contributed by atoms with Gasteiger partial charge in [0.2, 0.25) is 0 Å². The second-order valence-electron chi connectivity index (χ2n) is 3.93. The molecule has 13 heavy (non-hydrogen) atoms. The Morgan fingerprint density at radius 2 is 2.15 bits per heavy atom. The zero-order valence-electron chi connectivity index (χ0n) is 8.30. The van der Waals surface area contributed by atoms with E-state index in [-0.39, 0.29) is 12.0 Å². The number of hydrogen-bond acceptors (Lipinski definition) is 4. The van der Waals surface area contributed by atoms with Crippen molar-refractivity contribution in [3.05, 3.63) is 0 Å². The van der Waals surface area contributed by atoms with Crippen molar-refractivity contribution in [3.8, 4) is 0 Å². The van der Waals surface area contributed by atoms with E-state index in [2.05, 4.69) is 24.5 Å². The molecular weight excluding hydrogens is 168 g/mol. The summed E-state index contributed by atoms with van der Waals surface area (Å²) in [6, 6.07) is 0. The van der Waals surface area contributed by atoms with Gasteiger partial charge in [0.25, 0.3) is 0 Å². The van der Waals surface area contributed by atoms with E-state index < -0.39 is 0 Å². The Morgan fingerprint density at radius 3 is 2.62 bits per heavy atom. The molecule has 2 N–H and O–H groups in total. The molecule has 2 heterocycles. The highest BCUT2D eigenvalue weighted by Gasteiger charge is 2.47. The van der Waals surface area contributed by atoms with Crippen molar-refractivity contribution in [1.29, 1.82) is 0 Å². The summed E-state index contributed by atoms with van der Waals surface area (Å²) in [6.07, 6.45) is 0.00926. The molecule has 0 aliphatic carbocycles.